The number of thiol groups is 2. The number of hydrogen-bond donors (Lipinski definition) is 2. The van der Waals surface area contributed by atoms with Crippen LogP contribution in [0.2, 0.25) is 0 Å². The maximum atomic E-state index is 3.88. The first-order chi connectivity index (χ1) is 4.91. The van der Waals surface area contributed by atoms with Crippen LogP contribution in [-0.4, -0.2) is 0 Å². The van der Waals surface area contributed by atoms with Gasteiger partial charge in [-0.05, 0) is 10.8 Å². The summed E-state index contributed by atoms with van der Waals surface area (Å²) >= 11 is 7.76. The molecule has 0 rings (SSSR count). The molecule has 0 aliphatic rings. The molecule has 0 aliphatic heterocycles. The summed E-state index contributed by atoms with van der Waals surface area (Å²) in [4.78, 5) is 0. The van der Waals surface area contributed by atoms with Gasteiger partial charge >= 0.3 is 0 Å². The van der Waals surface area contributed by atoms with E-state index in [2.05, 4.69) is 25.3 Å². The van der Waals surface area contributed by atoms with E-state index in [0.29, 0.717) is 0 Å². The number of rotatable bonds is 3. The van der Waals surface area contributed by atoms with Crippen LogP contribution in [0, 0.1) is 0 Å². The quantitative estimate of drug-likeness (QED) is 0.472. The number of hydrogen-bond acceptors (Lipinski definition) is 2. The molecule has 54 valence electrons. The molecule has 2 heteroatoms. The lowest BCUT2D eigenvalue weighted by molar-refractivity contribution is 1.90. The van der Waals surface area contributed by atoms with E-state index in [1.165, 1.54) is 0 Å². The van der Waals surface area contributed by atoms with Gasteiger partial charge in [0.05, 0.1) is 0 Å². The standard InChI is InChI=1S/C8H10S2/c9-7-5-3-1-2-4-6-8-10/h1-10H/b3-1-,4-2+,7-5-,8-6+. The summed E-state index contributed by atoms with van der Waals surface area (Å²) in [7, 11) is 0. The molecule has 0 heterocycles. The minimum absolute atomic E-state index is 1.68. The van der Waals surface area contributed by atoms with E-state index in [4.69, 9.17) is 0 Å². The Hall–Kier alpha value is -0.340. The fourth-order valence-electron chi connectivity index (χ4n) is 0.356. The topological polar surface area (TPSA) is 0 Å². The predicted molar refractivity (Wildman–Crippen MR) is 54.5 cm³/mol. The van der Waals surface area contributed by atoms with Gasteiger partial charge in [-0.1, -0.05) is 36.5 Å². The lowest BCUT2D eigenvalue weighted by Gasteiger charge is -1.70. The molecule has 0 saturated heterocycles. The molecule has 0 aromatic carbocycles. The Morgan fingerprint density at radius 2 is 0.800 bits per heavy atom. The van der Waals surface area contributed by atoms with E-state index in [0.717, 1.165) is 0 Å². The molecule has 0 saturated carbocycles. The molecule has 0 unspecified atom stereocenters. The minimum Gasteiger partial charge on any atom is -0.151 e. The Morgan fingerprint density at radius 1 is 0.500 bits per heavy atom. The fraction of sp³-hybridized carbons (Fsp3) is 0. The van der Waals surface area contributed by atoms with Gasteiger partial charge in [0.1, 0.15) is 0 Å². The predicted octanol–water partition coefficient (Wildman–Crippen LogP) is 2.99. The minimum atomic E-state index is 1.68. The van der Waals surface area contributed by atoms with Gasteiger partial charge in [0.2, 0.25) is 0 Å². The van der Waals surface area contributed by atoms with Crippen LogP contribution in [0.4, 0.5) is 0 Å². The highest BCUT2D eigenvalue weighted by Gasteiger charge is 1.59. The average molecular weight is 170 g/mol. The monoisotopic (exact) mass is 170 g/mol. The van der Waals surface area contributed by atoms with Crippen molar-refractivity contribution in [3.05, 3.63) is 47.3 Å². The van der Waals surface area contributed by atoms with Crippen molar-refractivity contribution >= 4 is 25.3 Å². The summed E-state index contributed by atoms with van der Waals surface area (Å²) in [5.74, 6) is 0. The third-order valence-corrected chi connectivity index (χ3v) is 1.07. The van der Waals surface area contributed by atoms with Gasteiger partial charge in [-0.3, -0.25) is 0 Å². The normalized spacial score (nSPS) is 13.4. The molecule has 0 spiro atoms. The zero-order valence-corrected chi connectivity index (χ0v) is 7.30. The van der Waals surface area contributed by atoms with Crippen molar-refractivity contribution < 1.29 is 0 Å². The number of allylic oxidation sites excluding steroid dienone is 6. The maximum Gasteiger partial charge on any atom is -0.0324 e. The highest BCUT2D eigenvalue weighted by Crippen LogP contribution is 1.84. The van der Waals surface area contributed by atoms with E-state index >= 15 is 0 Å². The zero-order chi connectivity index (χ0) is 7.66. The van der Waals surface area contributed by atoms with Crippen molar-refractivity contribution in [2.24, 2.45) is 0 Å². The molecule has 0 N–H and O–H groups in total. The van der Waals surface area contributed by atoms with Gasteiger partial charge in [0, 0.05) is 0 Å². The summed E-state index contributed by atoms with van der Waals surface area (Å²) in [6.45, 7) is 0. The molecule has 0 fully saturated rings. The Kier molecular flexibility index (Phi) is 8.37. The van der Waals surface area contributed by atoms with Crippen molar-refractivity contribution in [3.8, 4) is 0 Å². The van der Waals surface area contributed by atoms with Gasteiger partial charge < -0.3 is 0 Å². The summed E-state index contributed by atoms with van der Waals surface area (Å²) in [5, 5.41) is 3.36. The van der Waals surface area contributed by atoms with Crippen molar-refractivity contribution in [2.75, 3.05) is 0 Å². The van der Waals surface area contributed by atoms with Crippen LogP contribution < -0.4 is 0 Å². The highest BCUT2D eigenvalue weighted by atomic mass is 32.1. The summed E-state index contributed by atoms with van der Waals surface area (Å²) in [5.41, 5.74) is 0. The third-order valence-electron chi connectivity index (χ3n) is 0.728. The lowest BCUT2D eigenvalue weighted by atomic mass is 10.4. The molecule has 0 bridgehead atoms. The molecule has 10 heavy (non-hydrogen) atoms. The van der Waals surface area contributed by atoms with E-state index in [9.17, 15) is 0 Å². The smallest absolute Gasteiger partial charge is 0.0324 e. The second-order valence-electron chi connectivity index (χ2n) is 1.45. The van der Waals surface area contributed by atoms with E-state index in [1.807, 2.05) is 36.5 Å². The molecular formula is C8H10S2. The van der Waals surface area contributed by atoms with Crippen LogP contribution in [0.5, 0.6) is 0 Å². The van der Waals surface area contributed by atoms with Crippen LogP contribution in [0.15, 0.2) is 47.3 Å². The molecule has 0 aromatic heterocycles. The van der Waals surface area contributed by atoms with Crippen LogP contribution in [0.25, 0.3) is 0 Å². The summed E-state index contributed by atoms with van der Waals surface area (Å²) < 4.78 is 0. The second kappa shape index (κ2) is 8.66. The van der Waals surface area contributed by atoms with E-state index in [1.54, 1.807) is 10.8 Å². The molecule has 0 aliphatic carbocycles. The summed E-state index contributed by atoms with van der Waals surface area (Å²) in [6, 6.07) is 0. The lowest BCUT2D eigenvalue weighted by Crippen LogP contribution is -1.47. The zero-order valence-electron chi connectivity index (χ0n) is 5.51. The average Bonchev–Trinajstić information content (AvgIpc) is 1.97. The third kappa shape index (κ3) is 7.66. The fourth-order valence-corrected chi connectivity index (χ4v) is 0.555. The molecule has 0 nitrogen and oxygen atoms in total. The van der Waals surface area contributed by atoms with Crippen molar-refractivity contribution in [3.63, 3.8) is 0 Å². The first-order valence-corrected chi connectivity index (χ1v) is 3.88. The SMILES string of the molecule is S\C=C/C=C\C=C\C=C\S. The largest absolute Gasteiger partial charge is 0.151 e. The second-order valence-corrected chi connectivity index (χ2v) is 2.05. The molecule has 0 atom stereocenters. The Balaban J connectivity index is 3.51. The Bertz CT molecular complexity index is 144. The van der Waals surface area contributed by atoms with Gasteiger partial charge in [0.25, 0.3) is 0 Å². The highest BCUT2D eigenvalue weighted by molar-refractivity contribution is 7.83. The van der Waals surface area contributed by atoms with E-state index in [-0.39, 0.29) is 0 Å². The van der Waals surface area contributed by atoms with Gasteiger partial charge in [-0.2, -0.15) is 25.3 Å². The molecular weight excluding hydrogens is 160 g/mol. The van der Waals surface area contributed by atoms with Gasteiger partial charge in [-0.15, -0.1) is 0 Å². The summed E-state index contributed by atoms with van der Waals surface area (Å²) in [6.07, 6.45) is 11.3. The van der Waals surface area contributed by atoms with E-state index < -0.39 is 0 Å². The van der Waals surface area contributed by atoms with Gasteiger partial charge in [0.15, 0.2) is 0 Å². The van der Waals surface area contributed by atoms with Crippen LogP contribution in [0.1, 0.15) is 0 Å². The van der Waals surface area contributed by atoms with Crippen molar-refractivity contribution in [2.45, 2.75) is 0 Å². The Labute approximate surface area is 72.8 Å². The first-order valence-electron chi connectivity index (χ1n) is 2.85. The first kappa shape index (κ1) is 9.66. The molecule has 0 radical (unpaired) electrons. The van der Waals surface area contributed by atoms with Crippen molar-refractivity contribution in [1.82, 2.24) is 0 Å². The van der Waals surface area contributed by atoms with Gasteiger partial charge in [-0.25, -0.2) is 0 Å². The molecule has 0 aromatic rings. The maximum absolute atomic E-state index is 3.88. The van der Waals surface area contributed by atoms with Crippen molar-refractivity contribution in [1.29, 1.82) is 0 Å². The Morgan fingerprint density at radius 3 is 1.10 bits per heavy atom. The van der Waals surface area contributed by atoms with Crippen LogP contribution in [-0.2, 0) is 0 Å². The van der Waals surface area contributed by atoms with Crippen LogP contribution in [0.3, 0.4) is 0 Å². The molecule has 0 amide bonds. The van der Waals surface area contributed by atoms with Crippen LogP contribution >= 0.6 is 25.3 Å².